The Bertz CT molecular complexity index is 1050. The van der Waals surface area contributed by atoms with Crippen LogP contribution in [0.4, 0.5) is 0 Å². The van der Waals surface area contributed by atoms with Gasteiger partial charge in [0.1, 0.15) is 13.2 Å². The highest BCUT2D eigenvalue weighted by atomic mass is 16.6. The van der Waals surface area contributed by atoms with Gasteiger partial charge < -0.3 is 14.2 Å². The van der Waals surface area contributed by atoms with E-state index in [9.17, 15) is 14.4 Å². The number of rotatable bonds is 42. The van der Waals surface area contributed by atoms with Gasteiger partial charge in [-0.15, -0.1) is 0 Å². The lowest BCUT2D eigenvalue weighted by atomic mass is 10.0. The molecule has 0 spiro atoms. The SMILES string of the molecule is CC/C=C/C=C/C=C/C=C/CCCCCC(=O)OCC(COC(=O)CCCCCCCCCCCCCCC)OC(=O)CCCCC/C=C/CCCCCCCC. The predicted molar refractivity (Wildman–Crippen MR) is 242 cm³/mol. The molecule has 0 amide bonds. The molecule has 1 unspecified atom stereocenters. The van der Waals surface area contributed by atoms with Crippen molar-refractivity contribution in [3.63, 3.8) is 0 Å². The third kappa shape index (κ3) is 44.1. The summed E-state index contributed by atoms with van der Waals surface area (Å²) in [6.45, 7) is 6.43. The molecule has 328 valence electrons. The number of allylic oxidation sites excluding steroid dienone is 10. The second-order valence-corrected chi connectivity index (χ2v) is 15.7. The van der Waals surface area contributed by atoms with E-state index in [0.717, 1.165) is 83.5 Å². The molecule has 0 bridgehead atoms. The first-order chi connectivity index (χ1) is 28.0. The Kier molecular flexibility index (Phi) is 43.5. The maximum absolute atomic E-state index is 12.7. The van der Waals surface area contributed by atoms with Crippen LogP contribution in [0, 0.1) is 0 Å². The summed E-state index contributed by atoms with van der Waals surface area (Å²) in [6, 6.07) is 0. The first kappa shape index (κ1) is 54.1. The third-order valence-corrected chi connectivity index (χ3v) is 10.1. The number of ether oxygens (including phenoxy) is 3. The maximum atomic E-state index is 12.7. The summed E-state index contributed by atoms with van der Waals surface area (Å²) in [4.78, 5) is 37.8. The first-order valence-corrected chi connectivity index (χ1v) is 23.8. The zero-order chi connectivity index (χ0) is 41.5. The molecule has 0 heterocycles. The Morgan fingerprint density at radius 1 is 0.368 bits per heavy atom. The van der Waals surface area contributed by atoms with E-state index in [0.29, 0.717) is 19.3 Å². The first-order valence-electron chi connectivity index (χ1n) is 23.8. The highest BCUT2D eigenvalue weighted by molar-refractivity contribution is 5.71. The van der Waals surface area contributed by atoms with Crippen molar-refractivity contribution in [2.45, 2.75) is 232 Å². The average Bonchev–Trinajstić information content (AvgIpc) is 3.21. The predicted octanol–water partition coefficient (Wildman–Crippen LogP) is 15.3. The van der Waals surface area contributed by atoms with Crippen LogP contribution < -0.4 is 0 Å². The lowest BCUT2D eigenvalue weighted by Gasteiger charge is -2.18. The van der Waals surface area contributed by atoms with E-state index < -0.39 is 6.10 Å². The number of unbranched alkanes of at least 4 members (excludes halogenated alkanes) is 24. The molecule has 0 aliphatic rings. The molecule has 0 saturated carbocycles. The second-order valence-electron chi connectivity index (χ2n) is 15.7. The monoisotopic (exact) mass is 797 g/mol. The van der Waals surface area contributed by atoms with E-state index in [1.165, 1.54) is 103 Å². The molecule has 0 radical (unpaired) electrons. The molecule has 6 nitrogen and oxygen atoms in total. The summed E-state index contributed by atoms with van der Waals surface area (Å²) >= 11 is 0. The molecule has 0 aliphatic carbocycles. The van der Waals surface area contributed by atoms with Crippen molar-refractivity contribution < 1.29 is 28.6 Å². The van der Waals surface area contributed by atoms with Crippen LogP contribution in [-0.2, 0) is 28.6 Å². The van der Waals surface area contributed by atoms with Gasteiger partial charge in [-0.2, -0.15) is 0 Å². The molecule has 0 rings (SSSR count). The van der Waals surface area contributed by atoms with Crippen LogP contribution >= 0.6 is 0 Å². The number of esters is 3. The highest BCUT2D eigenvalue weighted by Crippen LogP contribution is 2.14. The van der Waals surface area contributed by atoms with Gasteiger partial charge >= 0.3 is 17.9 Å². The molecule has 0 N–H and O–H groups in total. The van der Waals surface area contributed by atoms with Crippen molar-refractivity contribution >= 4 is 17.9 Å². The third-order valence-electron chi connectivity index (χ3n) is 10.1. The van der Waals surface area contributed by atoms with Gasteiger partial charge in [0.2, 0.25) is 0 Å². The van der Waals surface area contributed by atoms with Crippen LogP contribution in [0.3, 0.4) is 0 Å². The summed E-state index contributed by atoms with van der Waals surface area (Å²) < 4.78 is 16.7. The molecular weight excluding hydrogens is 709 g/mol. The van der Waals surface area contributed by atoms with Gasteiger partial charge in [0.25, 0.3) is 0 Å². The van der Waals surface area contributed by atoms with E-state index in [2.05, 4.69) is 45.1 Å². The van der Waals surface area contributed by atoms with Crippen molar-refractivity contribution in [2.24, 2.45) is 0 Å². The van der Waals surface area contributed by atoms with Crippen LogP contribution in [0.2, 0.25) is 0 Å². The van der Waals surface area contributed by atoms with Gasteiger partial charge in [-0.05, 0) is 64.2 Å². The van der Waals surface area contributed by atoms with Crippen molar-refractivity contribution in [1.82, 2.24) is 0 Å². The quantitative estimate of drug-likeness (QED) is 0.0201. The van der Waals surface area contributed by atoms with Crippen molar-refractivity contribution in [1.29, 1.82) is 0 Å². The molecule has 0 aromatic carbocycles. The van der Waals surface area contributed by atoms with Gasteiger partial charge in [0.05, 0.1) is 0 Å². The summed E-state index contributed by atoms with van der Waals surface area (Å²) in [7, 11) is 0. The standard InChI is InChI=1S/C51H88O6/c1-4-7-10-13-16-19-22-25-28-31-34-37-40-43-49(52)55-46-48(57-51(54)45-42-39-36-33-30-27-24-21-18-15-12-9-6-3)47-56-50(53)44-41-38-35-32-29-26-23-20-17-14-11-8-5-2/h7,10,13,16,19,22,25,27-28,30,48H,4-6,8-9,11-12,14-15,17-18,20-21,23-24,26,29,31-47H2,1-3H3/b10-7+,16-13+,22-19+,28-25+,30-27+. The molecule has 6 heteroatoms. The lowest BCUT2D eigenvalue weighted by molar-refractivity contribution is -0.167. The summed E-state index contributed by atoms with van der Waals surface area (Å²) in [5.74, 6) is -0.948. The summed E-state index contributed by atoms with van der Waals surface area (Å²) in [5, 5.41) is 0. The van der Waals surface area contributed by atoms with Crippen molar-refractivity contribution in [2.75, 3.05) is 13.2 Å². The largest absolute Gasteiger partial charge is 0.462 e. The Morgan fingerprint density at radius 2 is 0.702 bits per heavy atom. The molecule has 0 saturated heterocycles. The van der Waals surface area contributed by atoms with Gasteiger partial charge in [-0.3, -0.25) is 14.4 Å². The van der Waals surface area contributed by atoms with E-state index in [1.54, 1.807) is 0 Å². The fourth-order valence-electron chi connectivity index (χ4n) is 6.51. The minimum absolute atomic E-state index is 0.0916. The van der Waals surface area contributed by atoms with Gasteiger partial charge in [0.15, 0.2) is 6.10 Å². The number of carbonyl (C=O) groups excluding carboxylic acids is 3. The Labute approximate surface area is 351 Å². The van der Waals surface area contributed by atoms with Crippen LogP contribution in [0.5, 0.6) is 0 Å². The molecule has 0 fully saturated rings. The van der Waals surface area contributed by atoms with Crippen LogP contribution in [0.1, 0.15) is 226 Å². The smallest absolute Gasteiger partial charge is 0.306 e. The molecule has 0 aromatic heterocycles. The fraction of sp³-hybridized carbons (Fsp3) is 0.745. The average molecular weight is 797 g/mol. The minimum atomic E-state index is -0.794. The molecule has 0 aliphatic heterocycles. The van der Waals surface area contributed by atoms with E-state index in [1.807, 2.05) is 36.5 Å². The fourth-order valence-corrected chi connectivity index (χ4v) is 6.51. The topological polar surface area (TPSA) is 78.9 Å². The Balaban J connectivity index is 4.46. The second kappa shape index (κ2) is 45.8. The maximum Gasteiger partial charge on any atom is 0.306 e. The van der Waals surface area contributed by atoms with Crippen LogP contribution in [0.25, 0.3) is 0 Å². The number of carbonyl (C=O) groups is 3. The van der Waals surface area contributed by atoms with Crippen molar-refractivity contribution in [3.8, 4) is 0 Å². The highest BCUT2D eigenvalue weighted by Gasteiger charge is 2.19. The zero-order valence-corrected chi connectivity index (χ0v) is 37.3. The molecular formula is C51H88O6. The minimum Gasteiger partial charge on any atom is -0.462 e. The molecule has 0 aromatic rings. The Morgan fingerprint density at radius 3 is 1.14 bits per heavy atom. The molecule has 57 heavy (non-hydrogen) atoms. The number of hydrogen-bond donors (Lipinski definition) is 0. The van der Waals surface area contributed by atoms with Gasteiger partial charge in [-0.1, -0.05) is 204 Å². The van der Waals surface area contributed by atoms with Gasteiger partial charge in [-0.25, -0.2) is 0 Å². The van der Waals surface area contributed by atoms with E-state index >= 15 is 0 Å². The van der Waals surface area contributed by atoms with E-state index in [4.69, 9.17) is 14.2 Å². The van der Waals surface area contributed by atoms with Crippen LogP contribution in [0.15, 0.2) is 60.8 Å². The summed E-state index contributed by atoms with van der Waals surface area (Å²) in [6.07, 6.45) is 54.9. The Hall–Kier alpha value is -2.89. The van der Waals surface area contributed by atoms with Crippen LogP contribution in [-0.4, -0.2) is 37.2 Å². The summed E-state index contributed by atoms with van der Waals surface area (Å²) in [5.41, 5.74) is 0. The number of hydrogen-bond acceptors (Lipinski definition) is 6. The van der Waals surface area contributed by atoms with Crippen molar-refractivity contribution in [3.05, 3.63) is 60.8 Å². The van der Waals surface area contributed by atoms with Gasteiger partial charge in [0, 0.05) is 19.3 Å². The lowest BCUT2D eigenvalue weighted by Crippen LogP contribution is -2.30. The zero-order valence-electron chi connectivity index (χ0n) is 37.3. The van der Waals surface area contributed by atoms with E-state index in [-0.39, 0.29) is 31.1 Å². The normalized spacial score (nSPS) is 12.5. The molecule has 1 atom stereocenters.